The molecule has 0 unspecified atom stereocenters. The molecule has 0 aliphatic carbocycles. The first kappa shape index (κ1) is 19.2. The van der Waals surface area contributed by atoms with Gasteiger partial charge in [-0.3, -0.25) is 19.3 Å². The Kier molecular flexibility index (Phi) is 6.39. The highest BCUT2D eigenvalue weighted by molar-refractivity contribution is 6.31. The minimum atomic E-state index is -0.375. The van der Waals surface area contributed by atoms with Gasteiger partial charge in [-0.15, -0.1) is 0 Å². The van der Waals surface area contributed by atoms with E-state index in [2.05, 4.69) is 10.6 Å². The molecule has 1 aliphatic heterocycles. The number of likely N-dealkylation sites (N-methyl/N-ethyl adjacent to an activating group) is 1. The average Bonchev–Trinajstić information content (AvgIpc) is 2.94. The lowest BCUT2D eigenvalue weighted by Gasteiger charge is -2.16. The number of ether oxygens (including phenoxy) is 1. The summed E-state index contributed by atoms with van der Waals surface area (Å²) in [6.07, 6.45) is 0.765. The van der Waals surface area contributed by atoms with Gasteiger partial charge in [0.05, 0.1) is 18.4 Å². The van der Waals surface area contributed by atoms with Gasteiger partial charge in [0.1, 0.15) is 6.04 Å². The summed E-state index contributed by atoms with van der Waals surface area (Å²) < 4.78 is 4.78. The molecule has 136 valence electrons. The van der Waals surface area contributed by atoms with Gasteiger partial charge in [0.25, 0.3) is 5.91 Å². The number of nitrogens with one attached hydrogen (secondary N) is 2. The topological polar surface area (TPSA) is 87.7 Å². The summed E-state index contributed by atoms with van der Waals surface area (Å²) in [6.45, 7) is 2.26. The van der Waals surface area contributed by atoms with Gasteiger partial charge < -0.3 is 15.4 Å². The van der Waals surface area contributed by atoms with Crippen molar-refractivity contribution in [3.8, 4) is 0 Å². The van der Waals surface area contributed by atoms with Crippen LogP contribution in [0.5, 0.6) is 0 Å². The van der Waals surface area contributed by atoms with Crippen molar-refractivity contribution in [2.24, 2.45) is 0 Å². The van der Waals surface area contributed by atoms with Crippen molar-refractivity contribution in [2.75, 3.05) is 26.0 Å². The van der Waals surface area contributed by atoms with Crippen LogP contribution in [-0.2, 0) is 14.3 Å². The molecule has 1 heterocycles. The van der Waals surface area contributed by atoms with Crippen LogP contribution in [0.15, 0.2) is 18.2 Å². The maximum absolute atomic E-state index is 12.6. The van der Waals surface area contributed by atoms with Crippen molar-refractivity contribution in [1.82, 2.24) is 10.2 Å². The maximum Gasteiger partial charge on any atom is 0.323 e. The molecule has 2 rings (SSSR count). The molecule has 8 heteroatoms. The summed E-state index contributed by atoms with van der Waals surface area (Å²) in [5, 5.41) is 6.01. The third-order valence-corrected chi connectivity index (χ3v) is 4.41. The number of halogens is 1. The monoisotopic (exact) mass is 367 g/mol. The Balaban J connectivity index is 2.11. The highest BCUT2D eigenvalue weighted by Gasteiger charge is 2.36. The van der Waals surface area contributed by atoms with Gasteiger partial charge in [-0.05, 0) is 31.7 Å². The molecule has 2 N–H and O–H groups in total. The second-order valence-corrected chi connectivity index (χ2v) is 6.41. The highest BCUT2D eigenvalue weighted by atomic mass is 35.5. The number of hydrogen-bond donors (Lipinski definition) is 2. The zero-order valence-corrected chi connectivity index (χ0v) is 15.2. The fraction of sp³-hybridized carbons (Fsp3) is 0.471. The molecule has 0 saturated carbocycles. The van der Waals surface area contributed by atoms with Crippen molar-refractivity contribution in [1.29, 1.82) is 0 Å². The first-order valence-corrected chi connectivity index (χ1v) is 8.41. The summed E-state index contributed by atoms with van der Waals surface area (Å²) >= 11 is 5.97. The Bertz CT molecular complexity index is 680. The summed E-state index contributed by atoms with van der Waals surface area (Å²) in [6, 6.07) is 4.14. The van der Waals surface area contributed by atoms with Crippen LogP contribution < -0.4 is 10.6 Å². The molecule has 2 atom stereocenters. The summed E-state index contributed by atoms with van der Waals surface area (Å²) in [7, 11) is 3.15. The Morgan fingerprint density at radius 2 is 2.08 bits per heavy atom. The largest absolute Gasteiger partial charge is 0.468 e. The molecule has 2 amide bonds. The quantitative estimate of drug-likeness (QED) is 0.773. The van der Waals surface area contributed by atoms with E-state index in [1.165, 1.54) is 7.11 Å². The summed E-state index contributed by atoms with van der Waals surface area (Å²) in [4.78, 5) is 37.9. The van der Waals surface area contributed by atoms with E-state index in [-0.39, 0.29) is 29.9 Å². The Morgan fingerprint density at radius 1 is 1.36 bits per heavy atom. The molecule has 1 saturated heterocycles. The number of amides is 2. The number of likely N-dealkylation sites (tertiary alicyclic amines) is 1. The smallest absolute Gasteiger partial charge is 0.323 e. The van der Waals surface area contributed by atoms with Crippen LogP contribution in [0.25, 0.3) is 0 Å². The van der Waals surface area contributed by atoms with Crippen molar-refractivity contribution >= 4 is 35.1 Å². The van der Waals surface area contributed by atoms with E-state index in [1.54, 1.807) is 25.1 Å². The number of nitrogens with zero attached hydrogens (tertiary/aromatic N) is 1. The number of carbonyl (C=O) groups excluding carboxylic acids is 3. The number of hydrogen-bond acceptors (Lipinski definition) is 5. The van der Waals surface area contributed by atoms with Crippen molar-refractivity contribution in [3.63, 3.8) is 0 Å². The van der Waals surface area contributed by atoms with Crippen LogP contribution in [0, 0.1) is 0 Å². The molecule has 0 bridgehead atoms. The van der Waals surface area contributed by atoms with E-state index in [0.29, 0.717) is 35.7 Å². The third-order valence-electron chi connectivity index (χ3n) is 4.18. The van der Waals surface area contributed by atoms with Gasteiger partial charge in [0.15, 0.2) is 0 Å². The first-order chi connectivity index (χ1) is 11.8. The normalized spacial score (nSPS) is 20.2. The molecule has 1 fully saturated rings. The van der Waals surface area contributed by atoms with Gasteiger partial charge in [-0.25, -0.2) is 0 Å². The van der Waals surface area contributed by atoms with Gasteiger partial charge in [0, 0.05) is 24.0 Å². The van der Waals surface area contributed by atoms with E-state index >= 15 is 0 Å². The third kappa shape index (κ3) is 4.70. The number of benzene rings is 1. The van der Waals surface area contributed by atoms with E-state index in [4.69, 9.17) is 16.3 Å². The van der Waals surface area contributed by atoms with E-state index < -0.39 is 0 Å². The molecular weight excluding hydrogens is 346 g/mol. The molecule has 7 nitrogen and oxygen atoms in total. The van der Waals surface area contributed by atoms with E-state index in [1.807, 2.05) is 11.9 Å². The summed E-state index contributed by atoms with van der Waals surface area (Å²) in [5.41, 5.74) is 0.697. The fourth-order valence-corrected chi connectivity index (χ4v) is 3.01. The second kappa shape index (κ2) is 8.31. The first-order valence-electron chi connectivity index (χ1n) is 8.04. The van der Waals surface area contributed by atoms with Gasteiger partial charge >= 0.3 is 5.97 Å². The molecule has 1 aromatic carbocycles. The molecule has 1 aliphatic rings. The molecule has 0 aromatic heterocycles. The molecule has 1 aromatic rings. The van der Waals surface area contributed by atoms with Crippen LogP contribution in [0.3, 0.4) is 0 Å². The number of carbonyl (C=O) groups is 3. The van der Waals surface area contributed by atoms with Gasteiger partial charge in [-0.2, -0.15) is 0 Å². The van der Waals surface area contributed by atoms with Crippen molar-refractivity contribution < 1.29 is 19.1 Å². The summed E-state index contributed by atoms with van der Waals surface area (Å²) in [5.74, 6) is -0.851. The molecular formula is C17H22ClN3O4. The van der Waals surface area contributed by atoms with Gasteiger partial charge in [-0.1, -0.05) is 18.5 Å². The molecule has 0 spiro atoms. The zero-order valence-electron chi connectivity index (χ0n) is 14.5. The van der Waals surface area contributed by atoms with Crippen molar-refractivity contribution in [3.05, 3.63) is 28.8 Å². The van der Waals surface area contributed by atoms with Crippen LogP contribution >= 0.6 is 11.6 Å². The highest BCUT2D eigenvalue weighted by Crippen LogP contribution is 2.23. The minimum Gasteiger partial charge on any atom is -0.468 e. The van der Waals surface area contributed by atoms with Crippen molar-refractivity contribution in [2.45, 2.75) is 31.8 Å². The number of rotatable bonds is 5. The maximum atomic E-state index is 12.6. The Morgan fingerprint density at radius 3 is 2.72 bits per heavy atom. The molecule has 0 radical (unpaired) electrons. The van der Waals surface area contributed by atoms with Crippen LogP contribution in [0.2, 0.25) is 5.02 Å². The molecule has 25 heavy (non-hydrogen) atoms. The predicted molar refractivity (Wildman–Crippen MR) is 94.7 cm³/mol. The lowest BCUT2D eigenvalue weighted by molar-refractivity contribution is -0.145. The average molecular weight is 368 g/mol. The van der Waals surface area contributed by atoms with Crippen LogP contribution in [0.4, 0.5) is 5.69 Å². The zero-order chi connectivity index (χ0) is 18.6. The SMILES string of the molecule is CCC(=O)Nc1cc(Cl)ccc1C(=O)N[C@@H]1C[C@@H](C(=O)OC)N(C)C1. The van der Waals surface area contributed by atoms with Crippen LogP contribution in [-0.4, -0.2) is 55.5 Å². The van der Waals surface area contributed by atoms with Crippen LogP contribution in [0.1, 0.15) is 30.1 Å². The fourth-order valence-electron chi connectivity index (χ4n) is 2.84. The Hall–Kier alpha value is -2.12. The predicted octanol–water partition coefficient (Wildman–Crippen LogP) is 1.66. The van der Waals surface area contributed by atoms with E-state index in [9.17, 15) is 14.4 Å². The lowest BCUT2D eigenvalue weighted by Crippen LogP contribution is -2.37. The Labute approximate surface area is 151 Å². The second-order valence-electron chi connectivity index (χ2n) is 5.98. The standard InChI is InChI=1S/C17H22ClN3O4/c1-4-15(22)20-13-7-10(18)5-6-12(13)16(23)19-11-8-14(17(24)25-3)21(2)9-11/h5-7,11,14H,4,8-9H2,1-3H3,(H,19,23)(H,20,22)/t11-,14+/m1/s1. The number of anilines is 1. The number of methoxy groups -OCH3 is 1. The lowest BCUT2D eigenvalue weighted by atomic mass is 10.1. The minimum absolute atomic E-state index is 0.188. The van der Waals surface area contributed by atoms with Gasteiger partial charge in [0.2, 0.25) is 5.91 Å². The number of esters is 1. The van der Waals surface area contributed by atoms with E-state index in [0.717, 1.165) is 0 Å².